The van der Waals surface area contributed by atoms with E-state index in [2.05, 4.69) is 29.2 Å². The highest BCUT2D eigenvalue weighted by Gasteiger charge is 2.27. The number of anilines is 1. The van der Waals surface area contributed by atoms with Gasteiger partial charge in [0.05, 0.1) is 0 Å². The van der Waals surface area contributed by atoms with Crippen LogP contribution in [-0.2, 0) is 6.54 Å². The van der Waals surface area contributed by atoms with Crippen LogP contribution in [0.2, 0.25) is 0 Å². The van der Waals surface area contributed by atoms with Gasteiger partial charge in [-0.25, -0.2) is 4.39 Å². The predicted octanol–water partition coefficient (Wildman–Crippen LogP) is 2.86. The number of rotatable bonds is 2. The summed E-state index contributed by atoms with van der Waals surface area (Å²) < 4.78 is 13.9. The van der Waals surface area contributed by atoms with E-state index in [1.807, 2.05) is 0 Å². The van der Waals surface area contributed by atoms with Crippen LogP contribution in [0.15, 0.2) is 24.3 Å². The van der Waals surface area contributed by atoms with Crippen molar-refractivity contribution in [3.05, 3.63) is 29.8 Å². The Labute approximate surface area is 103 Å². The van der Waals surface area contributed by atoms with E-state index in [1.165, 1.54) is 5.69 Å². The molecule has 0 spiro atoms. The summed E-state index contributed by atoms with van der Waals surface area (Å²) in [6, 6.07) is 8.27. The molecule has 0 aromatic heterocycles. The number of alkyl halides is 1. The quantitative estimate of drug-likeness (QED) is 0.855. The largest absolute Gasteiger partial charge is 0.371 e. The topological polar surface area (TPSA) is 29.3 Å². The van der Waals surface area contributed by atoms with Gasteiger partial charge in [-0.15, -0.1) is 0 Å². The number of nitrogens with zero attached hydrogens (tertiary/aromatic N) is 1. The third kappa shape index (κ3) is 3.19. The normalized spacial score (nSPS) is 25.7. The molecular formula is C14H21FN2. The molecule has 2 N–H and O–H groups in total. The number of halogens is 1. The number of hydrogen-bond acceptors (Lipinski definition) is 2. The predicted molar refractivity (Wildman–Crippen MR) is 69.9 cm³/mol. The van der Waals surface area contributed by atoms with E-state index in [4.69, 9.17) is 5.73 Å². The summed E-state index contributed by atoms with van der Waals surface area (Å²) in [6.07, 6.45) is 2.21. The SMILES string of the molecule is CC1(F)CCCN(c2ccc(CN)cc2)CC1. The monoisotopic (exact) mass is 236 g/mol. The molecule has 1 unspecified atom stereocenters. The minimum Gasteiger partial charge on any atom is -0.371 e. The van der Waals surface area contributed by atoms with Gasteiger partial charge in [0, 0.05) is 25.3 Å². The molecule has 1 saturated heterocycles. The second-order valence-corrected chi connectivity index (χ2v) is 5.12. The first kappa shape index (κ1) is 12.4. The lowest BCUT2D eigenvalue weighted by molar-refractivity contribution is 0.170. The minimum atomic E-state index is -0.994. The van der Waals surface area contributed by atoms with Gasteiger partial charge < -0.3 is 10.6 Å². The highest BCUT2D eigenvalue weighted by atomic mass is 19.1. The van der Waals surface area contributed by atoms with Gasteiger partial charge >= 0.3 is 0 Å². The van der Waals surface area contributed by atoms with E-state index >= 15 is 0 Å². The summed E-state index contributed by atoms with van der Waals surface area (Å²) in [5.74, 6) is 0. The second-order valence-electron chi connectivity index (χ2n) is 5.12. The van der Waals surface area contributed by atoms with Crippen LogP contribution in [0.3, 0.4) is 0 Å². The van der Waals surface area contributed by atoms with E-state index in [0.717, 1.165) is 25.1 Å². The van der Waals surface area contributed by atoms with E-state index in [9.17, 15) is 4.39 Å². The molecule has 94 valence electrons. The Morgan fingerprint density at radius 1 is 1.24 bits per heavy atom. The summed E-state index contributed by atoms with van der Waals surface area (Å²) in [4.78, 5) is 2.27. The van der Waals surface area contributed by atoms with E-state index in [-0.39, 0.29) is 0 Å². The van der Waals surface area contributed by atoms with Gasteiger partial charge in [0.25, 0.3) is 0 Å². The lowest BCUT2D eigenvalue weighted by Crippen LogP contribution is -2.26. The molecule has 0 amide bonds. The molecule has 1 atom stereocenters. The molecule has 0 radical (unpaired) electrons. The molecule has 17 heavy (non-hydrogen) atoms. The van der Waals surface area contributed by atoms with Gasteiger partial charge in [0.15, 0.2) is 0 Å². The summed E-state index contributed by atoms with van der Waals surface area (Å²) >= 11 is 0. The molecule has 0 aliphatic carbocycles. The summed E-state index contributed by atoms with van der Waals surface area (Å²) in [7, 11) is 0. The second kappa shape index (κ2) is 5.05. The average molecular weight is 236 g/mol. The third-order valence-corrected chi connectivity index (χ3v) is 3.57. The first-order valence-corrected chi connectivity index (χ1v) is 6.34. The zero-order chi connectivity index (χ0) is 12.3. The van der Waals surface area contributed by atoms with Crippen LogP contribution in [0.25, 0.3) is 0 Å². The van der Waals surface area contributed by atoms with Crippen LogP contribution in [0.1, 0.15) is 31.7 Å². The minimum absolute atomic E-state index is 0.572. The Morgan fingerprint density at radius 2 is 1.94 bits per heavy atom. The van der Waals surface area contributed by atoms with E-state index < -0.39 is 5.67 Å². The maximum atomic E-state index is 13.9. The smallest absolute Gasteiger partial charge is 0.110 e. The van der Waals surface area contributed by atoms with Crippen molar-refractivity contribution < 1.29 is 4.39 Å². The van der Waals surface area contributed by atoms with Crippen molar-refractivity contribution in [2.75, 3.05) is 18.0 Å². The van der Waals surface area contributed by atoms with Crippen molar-refractivity contribution in [1.29, 1.82) is 0 Å². The van der Waals surface area contributed by atoms with Crippen LogP contribution in [0.5, 0.6) is 0 Å². The highest BCUT2D eigenvalue weighted by molar-refractivity contribution is 5.47. The zero-order valence-electron chi connectivity index (χ0n) is 10.5. The molecule has 1 aliphatic heterocycles. The van der Waals surface area contributed by atoms with Gasteiger partial charge in [-0.05, 0) is 43.9 Å². The molecule has 2 nitrogen and oxygen atoms in total. The molecule has 3 heteroatoms. The molecule has 0 bridgehead atoms. The van der Waals surface area contributed by atoms with Gasteiger partial charge in [0.2, 0.25) is 0 Å². The van der Waals surface area contributed by atoms with Gasteiger partial charge in [-0.1, -0.05) is 12.1 Å². The van der Waals surface area contributed by atoms with E-state index in [1.54, 1.807) is 6.92 Å². The van der Waals surface area contributed by atoms with Gasteiger partial charge in [-0.3, -0.25) is 0 Å². The average Bonchev–Trinajstić information content (AvgIpc) is 2.50. The Morgan fingerprint density at radius 3 is 2.59 bits per heavy atom. The van der Waals surface area contributed by atoms with Crippen LogP contribution in [-0.4, -0.2) is 18.8 Å². The van der Waals surface area contributed by atoms with Crippen molar-refractivity contribution in [2.24, 2.45) is 5.73 Å². The number of benzene rings is 1. The maximum absolute atomic E-state index is 13.9. The first-order valence-electron chi connectivity index (χ1n) is 6.34. The molecule has 2 rings (SSSR count). The van der Waals surface area contributed by atoms with Crippen molar-refractivity contribution in [2.45, 2.75) is 38.4 Å². The Kier molecular flexibility index (Phi) is 3.67. The number of nitrogens with two attached hydrogens (primary N) is 1. The molecule has 1 heterocycles. The molecule has 1 aromatic rings. The molecule has 0 saturated carbocycles. The highest BCUT2D eigenvalue weighted by Crippen LogP contribution is 2.28. The zero-order valence-corrected chi connectivity index (χ0v) is 10.5. The molecule has 1 fully saturated rings. The van der Waals surface area contributed by atoms with Crippen LogP contribution in [0, 0.1) is 0 Å². The fourth-order valence-electron chi connectivity index (χ4n) is 2.34. The Bertz CT molecular complexity index is 359. The van der Waals surface area contributed by atoms with Crippen LogP contribution in [0.4, 0.5) is 10.1 Å². The summed E-state index contributed by atoms with van der Waals surface area (Å²) in [5.41, 5.74) is 6.90. The Balaban J connectivity index is 2.06. The van der Waals surface area contributed by atoms with E-state index in [0.29, 0.717) is 19.4 Å². The fourth-order valence-corrected chi connectivity index (χ4v) is 2.34. The lowest BCUT2D eigenvalue weighted by Gasteiger charge is -2.23. The molecule has 1 aliphatic rings. The summed E-state index contributed by atoms with van der Waals surface area (Å²) in [5, 5.41) is 0. The number of hydrogen-bond donors (Lipinski definition) is 1. The third-order valence-electron chi connectivity index (χ3n) is 3.57. The first-order chi connectivity index (χ1) is 8.11. The maximum Gasteiger partial charge on any atom is 0.110 e. The van der Waals surface area contributed by atoms with Crippen LogP contribution < -0.4 is 10.6 Å². The van der Waals surface area contributed by atoms with Crippen molar-refractivity contribution >= 4 is 5.69 Å². The standard InChI is InChI=1S/C14H21FN2/c1-14(15)7-2-9-17(10-8-14)13-5-3-12(11-16)4-6-13/h3-6H,2,7-11,16H2,1H3. The van der Waals surface area contributed by atoms with Crippen LogP contribution >= 0.6 is 0 Å². The van der Waals surface area contributed by atoms with Gasteiger partial charge in [0.1, 0.15) is 5.67 Å². The van der Waals surface area contributed by atoms with Crippen molar-refractivity contribution in [3.63, 3.8) is 0 Å². The molecule has 1 aromatic carbocycles. The van der Waals surface area contributed by atoms with Gasteiger partial charge in [-0.2, -0.15) is 0 Å². The van der Waals surface area contributed by atoms with Crippen molar-refractivity contribution in [3.8, 4) is 0 Å². The summed E-state index contributed by atoms with van der Waals surface area (Å²) in [6.45, 7) is 4.04. The lowest BCUT2D eigenvalue weighted by atomic mass is 10.0. The molecular weight excluding hydrogens is 215 g/mol. The fraction of sp³-hybridized carbons (Fsp3) is 0.571. The van der Waals surface area contributed by atoms with Crippen molar-refractivity contribution in [1.82, 2.24) is 0 Å². The Hall–Kier alpha value is -1.09.